The topological polar surface area (TPSA) is 16.1 Å². The van der Waals surface area contributed by atoms with Crippen LogP contribution in [0.1, 0.15) is 5.01 Å². The number of hydrogen-bond acceptors (Lipinski definition) is 3. The Morgan fingerprint density at radius 2 is 1.94 bits per heavy atom. The van der Waals surface area contributed by atoms with Gasteiger partial charge in [0.1, 0.15) is 5.01 Å². The third kappa shape index (κ3) is 2.00. The minimum atomic E-state index is 0.960. The lowest BCUT2D eigenvalue weighted by Crippen LogP contribution is -2.16. The Balaban J connectivity index is 2.00. The van der Waals surface area contributed by atoms with Crippen molar-refractivity contribution in [2.75, 3.05) is 4.90 Å². The highest BCUT2D eigenvalue weighted by molar-refractivity contribution is 7.10. The summed E-state index contributed by atoms with van der Waals surface area (Å²) in [5.74, 6) is 0. The molecule has 3 rings (SSSR count). The minimum Gasteiger partial charge on any atom is -0.317 e. The largest absolute Gasteiger partial charge is 0.317 e. The third-order valence-electron chi connectivity index (χ3n) is 2.75. The lowest BCUT2D eigenvalue weighted by molar-refractivity contribution is 1.20. The van der Waals surface area contributed by atoms with Gasteiger partial charge in [-0.1, -0.05) is 24.8 Å². The fourth-order valence-corrected chi connectivity index (χ4v) is 2.48. The van der Waals surface area contributed by atoms with Crippen molar-refractivity contribution in [3.8, 4) is 0 Å². The SMILES string of the molecule is C=C1C=CC(c2nccs2)=CN1c1ccccc1. The van der Waals surface area contributed by atoms with E-state index in [1.165, 1.54) is 0 Å². The number of hydrogen-bond donors (Lipinski definition) is 0. The molecule has 0 atom stereocenters. The second-order valence-corrected chi connectivity index (χ2v) is 4.85. The fourth-order valence-electron chi connectivity index (χ4n) is 1.85. The number of para-hydroxylation sites is 1. The summed E-state index contributed by atoms with van der Waals surface area (Å²) in [4.78, 5) is 6.42. The van der Waals surface area contributed by atoms with Gasteiger partial charge in [-0.2, -0.15) is 0 Å². The molecule has 1 aliphatic heterocycles. The molecule has 2 heterocycles. The molecule has 1 aromatic heterocycles. The first-order valence-electron chi connectivity index (χ1n) is 5.67. The molecule has 0 saturated carbocycles. The van der Waals surface area contributed by atoms with Crippen molar-refractivity contribution < 1.29 is 0 Å². The first kappa shape index (κ1) is 11.0. The third-order valence-corrected chi connectivity index (χ3v) is 3.57. The minimum absolute atomic E-state index is 0.960. The van der Waals surface area contributed by atoms with Gasteiger partial charge in [-0.15, -0.1) is 11.3 Å². The van der Waals surface area contributed by atoms with Crippen molar-refractivity contribution in [1.29, 1.82) is 0 Å². The Hall–Kier alpha value is -2.13. The van der Waals surface area contributed by atoms with Gasteiger partial charge >= 0.3 is 0 Å². The molecule has 0 radical (unpaired) electrons. The van der Waals surface area contributed by atoms with E-state index in [0.717, 1.165) is 22.0 Å². The Kier molecular flexibility index (Phi) is 2.82. The zero-order valence-electron chi connectivity index (χ0n) is 9.78. The zero-order chi connectivity index (χ0) is 12.4. The van der Waals surface area contributed by atoms with E-state index in [9.17, 15) is 0 Å². The molecule has 0 amide bonds. The molecule has 0 N–H and O–H groups in total. The van der Waals surface area contributed by atoms with Crippen LogP contribution < -0.4 is 4.90 Å². The molecule has 1 aromatic carbocycles. The van der Waals surface area contributed by atoms with E-state index in [4.69, 9.17) is 0 Å². The summed E-state index contributed by atoms with van der Waals surface area (Å²) < 4.78 is 0. The van der Waals surface area contributed by atoms with Gasteiger partial charge in [-0.25, -0.2) is 4.98 Å². The molecule has 2 aromatic rings. The molecule has 0 aliphatic carbocycles. The number of anilines is 1. The van der Waals surface area contributed by atoms with Gasteiger partial charge < -0.3 is 4.90 Å². The van der Waals surface area contributed by atoms with E-state index >= 15 is 0 Å². The molecule has 0 bridgehead atoms. The molecular formula is C15H12N2S. The van der Waals surface area contributed by atoms with E-state index in [1.807, 2.05) is 35.9 Å². The predicted molar refractivity (Wildman–Crippen MR) is 77.3 cm³/mol. The van der Waals surface area contributed by atoms with Gasteiger partial charge in [0.25, 0.3) is 0 Å². The second-order valence-electron chi connectivity index (χ2n) is 3.95. The quantitative estimate of drug-likeness (QED) is 0.800. The average Bonchev–Trinajstić information content (AvgIpc) is 2.94. The van der Waals surface area contributed by atoms with Crippen molar-refractivity contribution in [2.45, 2.75) is 0 Å². The second kappa shape index (κ2) is 4.63. The van der Waals surface area contributed by atoms with Crippen LogP contribution in [0.2, 0.25) is 0 Å². The average molecular weight is 252 g/mol. The summed E-state index contributed by atoms with van der Waals surface area (Å²) in [5, 5.41) is 3.01. The summed E-state index contributed by atoms with van der Waals surface area (Å²) in [6.45, 7) is 4.07. The fraction of sp³-hybridized carbons (Fsp3) is 0. The van der Waals surface area contributed by atoms with E-state index in [1.54, 1.807) is 11.3 Å². The zero-order valence-corrected chi connectivity index (χ0v) is 10.6. The molecule has 3 heteroatoms. The molecule has 2 nitrogen and oxygen atoms in total. The van der Waals surface area contributed by atoms with Gasteiger partial charge in [0, 0.05) is 34.7 Å². The molecule has 88 valence electrons. The van der Waals surface area contributed by atoms with E-state index in [-0.39, 0.29) is 0 Å². The smallest absolute Gasteiger partial charge is 0.124 e. The number of rotatable bonds is 2. The first-order valence-corrected chi connectivity index (χ1v) is 6.55. The Morgan fingerprint density at radius 1 is 1.11 bits per heavy atom. The number of thiazole rings is 1. The molecule has 0 saturated heterocycles. The number of aromatic nitrogens is 1. The Morgan fingerprint density at radius 3 is 2.67 bits per heavy atom. The van der Waals surface area contributed by atoms with Crippen LogP contribution in [0.25, 0.3) is 5.57 Å². The van der Waals surface area contributed by atoms with Crippen LogP contribution in [0.15, 0.2) is 72.5 Å². The summed E-state index contributed by atoms with van der Waals surface area (Å²) >= 11 is 1.64. The van der Waals surface area contributed by atoms with E-state index in [0.29, 0.717) is 0 Å². The summed E-state index contributed by atoms with van der Waals surface area (Å²) in [5.41, 5.74) is 3.18. The number of nitrogens with zero attached hydrogens (tertiary/aromatic N) is 2. The van der Waals surface area contributed by atoms with Crippen LogP contribution in [-0.2, 0) is 0 Å². The van der Waals surface area contributed by atoms with Gasteiger partial charge in [-0.05, 0) is 24.3 Å². The standard InChI is InChI=1S/C15H12N2S/c1-12-7-8-13(15-16-9-10-18-15)11-17(12)14-5-3-2-4-6-14/h2-11H,1H2. The van der Waals surface area contributed by atoms with Crippen molar-refractivity contribution >= 4 is 22.6 Å². The molecule has 18 heavy (non-hydrogen) atoms. The monoisotopic (exact) mass is 252 g/mol. The molecule has 0 fully saturated rings. The van der Waals surface area contributed by atoms with Gasteiger partial charge in [0.05, 0.1) is 0 Å². The summed E-state index contributed by atoms with van der Waals surface area (Å²) in [7, 11) is 0. The van der Waals surface area contributed by atoms with Gasteiger partial charge in [0.15, 0.2) is 0 Å². The maximum absolute atomic E-state index is 4.34. The van der Waals surface area contributed by atoms with Crippen molar-refractivity contribution in [1.82, 2.24) is 4.98 Å². The highest BCUT2D eigenvalue weighted by atomic mass is 32.1. The van der Waals surface area contributed by atoms with Crippen LogP contribution in [0.5, 0.6) is 0 Å². The van der Waals surface area contributed by atoms with Crippen molar-refractivity contribution in [2.24, 2.45) is 0 Å². The van der Waals surface area contributed by atoms with Crippen LogP contribution in [0.3, 0.4) is 0 Å². The Labute approximate surface area is 110 Å². The van der Waals surface area contributed by atoms with Crippen molar-refractivity contribution in [3.63, 3.8) is 0 Å². The summed E-state index contributed by atoms with van der Waals surface area (Å²) in [6, 6.07) is 10.2. The highest BCUT2D eigenvalue weighted by Crippen LogP contribution is 2.28. The first-order chi connectivity index (χ1) is 8.84. The van der Waals surface area contributed by atoms with E-state index in [2.05, 4.69) is 40.9 Å². The molecular weight excluding hydrogens is 240 g/mol. The predicted octanol–water partition coefficient (Wildman–Crippen LogP) is 4.07. The van der Waals surface area contributed by atoms with Crippen LogP contribution in [-0.4, -0.2) is 4.98 Å². The Bertz CT molecular complexity index is 609. The maximum atomic E-state index is 4.34. The van der Waals surface area contributed by atoms with Crippen molar-refractivity contribution in [3.05, 3.63) is 77.5 Å². The van der Waals surface area contributed by atoms with Gasteiger partial charge in [-0.3, -0.25) is 0 Å². The van der Waals surface area contributed by atoms with Crippen LogP contribution in [0.4, 0.5) is 5.69 Å². The number of benzene rings is 1. The normalized spacial score (nSPS) is 14.8. The lowest BCUT2D eigenvalue weighted by Gasteiger charge is -2.24. The maximum Gasteiger partial charge on any atom is 0.124 e. The molecule has 0 spiro atoms. The lowest BCUT2D eigenvalue weighted by atomic mass is 10.1. The van der Waals surface area contributed by atoms with Gasteiger partial charge in [0.2, 0.25) is 0 Å². The number of allylic oxidation sites excluding steroid dienone is 3. The van der Waals surface area contributed by atoms with E-state index < -0.39 is 0 Å². The highest BCUT2D eigenvalue weighted by Gasteiger charge is 2.13. The molecule has 0 unspecified atom stereocenters. The summed E-state index contributed by atoms with van der Waals surface area (Å²) in [6.07, 6.45) is 7.98. The molecule has 1 aliphatic rings. The van der Waals surface area contributed by atoms with Crippen LogP contribution >= 0.6 is 11.3 Å². The van der Waals surface area contributed by atoms with Crippen LogP contribution in [0, 0.1) is 0 Å².